The Bertz CT molecular complexity index is 665. The van der Waals surface area contributed by atoms with Crippen molar-refractivity contribution < 1.29 is 19.1 Å². The van der Waals surface area contributed by atoms with Crippen LogP contribution in [0.15, 0.2) is 24.3 Å². The second-order valence-electron chi connectivity index (χ2n) is 7.55. The van der Waals surface area contributed by atoms with Crippen LogP contribution in [0.4, 0.5) is 5.69 Å². The Labute approximate surface area is 166 Å². The summed E-state index contributed by atoms with van der Waals surface area (Å²) < 4.78 is 4.66. The van der Waals surface area contributed by atoms with Gasteiger partial charge in [0.05, 0.1) is 12.7 Å². The highest BCUT2D eigenvalue weighted by molar-refractivity contribution is 5.94. The molecule has 1 fully saturated rings. The first-order chi connectivity index (χ1) is 13.4. The van der Waals surface area contributed by atoms with Gasteiger partial charge in [-0.05, 0) is 77.0 Å². The van der Waals surface area contributed by atoms with E-state index >= 15 is 0 Å². The molecular weight excluding hydrogens is 358 g/mol. The molecule has 0 atom stereocenters. The van der Waals surface area contributed by atoms with Crippen molar-refractivity contribution in [2.45, 2.75) is 32.1 Å². The van der Waals surface area contributed by atoms with Gasteiger partial charge in [-0.25, -0.2) is 4.79 Å². The van der Waals surface area contributed by atoms with Crippen molar-refractivity contribution in [3.05, 3.63) is 29.8 Å². The summed E-state index contributed by atoms with van der Waals surface area (Å²) in [5.41, 5.74) is 1.09. The first-order valence-electron chi connectivity index (χ1n) is 9.82. The Morgan fingerprint density at radius 3 is 2.11 bits per heavy atom. The Kier molecular flexibility index (Phi) is 8.44. The zero-order valence-corrected chi connectivity index (χ0v) is 17.0. The summed E-state index contributed by atoms with van der Waals surface area (Å²) in [5.74, 6) is -0.413. The molecule has 154 valence electrons. The topological polar surface area (TPSA) is 87.7 Å². The normalized spacial score (nSPS) is 19.1. The summed E-state index contributed by atoms with van der Waals surface area (Å²) in [6.07, 6.45) is 3.83. The highest BCUT2D eigenvalue weighted by atomic mass is 16.5. The Morgan fingerprint density at radius 1 is 1.00 bits per heavy atom. The molecule has 0 spiro atoms. The molecule has 0 aromatic heterocycles. The maximum absolute atomic E-state index is 12.5. The van der Waals surface area contributed by atoms with Gasteiger partial charge >= 0.3 is 5.97 Å². The number of hydrogen-bond donors (Lipinski definition) is 2. The monoisotopic (exact) mass is 389 g/mol. The first-order valence-corrected chi connectivity index (χ1v) is 9.82. The molecule has 2 amide bonds. The molecule has 1 aromatic rings. The highest BCUT2D eigenvalue weighted by Crippen LogP contribution is 2.30. The van der Waals surface area contributed by atoms with E-state index < -0.39 is 5.97 Å². The van der Waals surface area contributed by atoms with Gasteiger partial charge in [0, 0.05) is 24.1 Å². The predicted molar refractivity (Wildman–Crippen MR) is 108 cm³/mol. The number of nitrogens with one attached hydrogen (secondary N) is 2. The van der Waals surface area contributed by atoms with Crippen LogP contribution in [0.3, 0.4) is 0 Å². The molecule has 1 aromatic carbocycles. The number of rotatable bonds is 8. The summed E-state index contributed by atoms with van der Waals surface area (Å²) in [4.78, 5) is 38.3. The number of hydrogen-bond acceptors (Lipinski definition) is 5. The second-order valence-corrected chi connectivity index (χ2v) is 7.55. The van der Waals surface area contributed by atoms with Gasteiger partial charge in [0.1, 0.15) is 0 Å². The number of amides is 2. The molecule has 0 heterocycles. The van der Waals surface area contributed by atoms with Crippen molar-refractivity contribution in [1.29, 1.82) is 0 Å². The number of nitrogens with zero attached hydrogens (tertiary/aromatic N) is 1. The fourth-order valence-electron chi connectivity index (χ4n) is 3.42. The zero-order chi connectivity index (χ0) is 20.5. The van der Waals surface area contributed by atoms with Gasteiger partial charge in [0.2, 0.25) is 11.8 Å². The smallest absolute Gasteiger partial charge is 0.337 e. The van der Waals surface area contributed by atoms with E-state index in [1.807, 2.05) is 14.1 Å². The van der Waals surface area contributed by atoms with E-state index in [9.17, 15) is 14.4 Å². The van der Waals surface area contributed by atoms with Crippen LogP contribution in [0.1, 0.15) is 42.5 Å². The van der Waals surface area contributed by atoms with Gasteiger partial charge in [0.25, 0.3) is 0 Å². The van der Waals surface area contributed by atoms with E-state index in [4.69, 9.17) is 0 Å². The van der Waals surface area contributed by atoms with E-state index in [-0.39, 0.29) is 23.7 Å². The average Bonchev–Trinajstić information content (AvgIpc) is 2.71. The number of carbonyl (C=O) groups excluding carboxylic acids is 3. The highest BCUT2D eigenvalue weighted by Gasteiger charge is 2.29. The molecule has 7 heteroatoms. The van der Waals surface area contributed by atoms with E-state index in [0.717, 1.165) is 25.8 Å². The SMILES string of the molecule is COC(=O)c1ccc(NC(=O)C2CCC(C(=O)NCCCN(C)C)CC2)cc1. The van der Waals surface area contributed by atoms with Gasteiger partial charge in [-0.3, -0.25) is 9.59 Å². The van der Waals surface area contributed by atoms with Crippen LogP contribution in [0.2, 0.25) is 0 Å². The van der Waals surface area contributed by atoms with Gasteiger partial charge < -0.3 is 20.3 Å². The lowest BCUT2D eigenvalue weighted by Crippen LogP contribution is -2.36. The summed E-state index contributed by atoms with van der Waals surface area (Å²) >= 11 is 0. The second kappa shape index (κ2) is 10.8. The van der Waals surface area contributed by atoms with E-state index in [1.54, 1.807) is 24.3 Å². The Balaban J connectivity index is 1.74. The lowest BCUT2D eigenvalue weighted by atomic mass is 9.81. The van der Waals surface area contributed by atoms with Crippen molar-refractivity contribution >= 4 is 23.5 Å². The molecule has 7 nitrogen and oxygen atoms in total. The standard InChI is InChI=1S/C21H31N3O4/c1-24(2)14-4-13-22-19(25)15-5-7-16(8-6-15)20(26)23-18-11-9-17(10-12-18)21(27)28-3/h9-12,15-16H,4-8,13-14H2,1-3H3,(H,22,25)(H,23,26). The van der Waals surface area contributed by atoms with Crippen molar-refractivity contribution in [1.82, 2.24) is 10.2 Å². The minimum Gasteiger partial charge on any atom is -0.465 e. The van der Waals surface area contributed by atoms with Crippen LogP contribution in [-0.4, -0.2) is 57.0 Å². The number of carbonyl (C=O) groups is 3. The first kappa shape index (κ1) is 21.9. The summed E-state index contributed by atoms with van der Waals surface area (Å²) in [7, 11) is 5.36. The van der Waals surface area contributed by atoms with Gasteiger partial charge in [-0.1, -0.05) is 0 Å². The third-order valence-corrected chi connectivity index (χ3v) is 5.12. The molecule has 1 aliphatic rings. The predicted octanol–water partition coefficient (Wildman–Crippen LogP) is 2.29. The summed E-state index contributed by atoms with van der Waals surface area (Å²) in [5, 5.41) is 5.90. The summed E-state index contributed by atoms with van der Waals surface area (Å²) in [6, 6.07) is 6.63. The molecule has 1 saturated carbocycles. The van der Waals surface area contributed by atoms with Crippen LogP contribution in [-0.2, 0) is 14.3 Å². The Morgan fingerprint density at radius 2 is 1.57 bits per heavy atom. The molecule has 0 saturated heterocycles. The van der Waals surface area contributed by atoms with Crippen LogP contribution in [0, 0.1) is 11.8 Å². The van der Waals surface area contributed by atoms with Crippen LogP contribution in [0.5, 0.6) is 0 Å². The van der Waals surface area contributed by atoms with Crippen LogP contribution >= 0.6 is 0 Å². The molecular formula is C21H31N3O4. The molecule has 1 aliphatic carbocycles. The van der Waals surface area contributed by atoms with Crippen molar-refractivity contribution in [2.24, 2.45) is 11.8 Å². The number of esters is 1. The maximum Gasteiger partial charge on any atom is 0.337 e. The van der Waals surface area contributed by atoms with Crippen molar-refractivity contribution in [2.75, 3.05) is 39.6 Å². The molecule has 2 N–H and O–H groups in total. The lowest BCUT2D eigenvalue weighted by molar-refractivity contribution is -0.128. The minimum atomic E-state index is -0.406. The van der Waals surface area contributed by atoms with Crippen LogP contribution < -0.4 is 10.6 Å². The molecule has 0 bridgehead atoms. The molecule has 0 aliphatic heterocycles. The third kappa shape index (κ3) is 6.64. The van der Waals surface area contributed by atoms with Gasteiger partial charge in [0.15, 0.2) is 0 Å². The van der Waals surface area contributed by atoms with Gasteiger partial charge in [-0.2, -0.15) is 0 Å². The third-order valence-electron chi connectivity index (χ3n) is 5.12. The molecule has 0 radical (unpaired) electrons. The Hall–Kier alpha value is -2.41. The van der Waals surface area contributed by atoms with Crippen LogP contribution in [0.25, 0.3) is 0 Å². The minimum absolute atomic E-state index is 0.00254. The number of methoxy groups -OCH3 is 1. The lowest BCUT2D eigenvalue weighted by Gasteiger charge is -2.27. The number of ether oxygens (including phenoxy) is 1. The van der Waals surface area contributed by atoms with Crippen molar-refractivity contribution in [3.8, 4) is 0 Å². The van der Waals surface area contributed by atoms with E-state index in [2.05, 4.69) is 20.3 Å². The molecule has 28 heavy (non-hydrogen) atoms. The summed E-state index contributed by atoms with van der Waals surface area (Å²) in [6.45, 7) is 1.65. The average molecular weight is 389 g/mol. The molecule has 2 rings (SSSR count). The largest absolute Gasteiger partial charge is 0.465 e. The number of anilines is 1. The fraction of sp³-hybridized carbons (Fsp3) is 0.571. The quantitative estimate of drug-likeness (QED) is 0.526. The maximum atomic E-state index is 12.5. The van der Waals surface area contributed by atoms with E-state index in [1.165, 1.54) is 7.11 Å². The van der Waals surface area contributed by atoms with E-state index in [0.29, 0.717) is 30.6 Å². The zero-order valence-electron chi connectivity index (χ0n) is 17.0. The number of benzene rings is 1. The fourth-order valence-corrected chi connectivity index (χ4v) is 3.42. The molecule has 0 unspecified atom stereocenters. The van der Waals surface area contributed by atoms with Gasteiger partial charge in [-0.15, -0.1) is 0 Å². The van der Waals surface area contributed by atoms with Crippen molar-refractivity contribution in [3.63, 3.8) is 0 Å².